The number of hydrogen-bond donors (Lipinski definition) is 2. The molecule has 2 amide bonds. The number of carbonyl (C=O) groups excluding carboxylic acids is 2. The molecule has 1 saturated heterocycles. The van der Waals surface area contributed by atoms with Crippen LogP contribution >= 0.6 is 23.2 Å². The topological polar surface area (TPSA) is 80.4 Å². The number of nitrogens with two attached hydrogens (primary N) is 1. The predicted molar refractivity (Wildman–Crippen MR) is 86.2 cm³/mol. The minimum Gasteiger partial charge on any atom is -0.368 e. The Hall–Kier alpha value is -1.24. The lowest BCUT2D eigenvalue weighted by atomic mass is 10.2. The number of nitrogens with zero attached hydrogens (tertiary/aromatic N) is 2. The van der Waals surface area contributed by atoms with E-state index in [9.17, 15) is 9.59 Å². The van der Waals surface area contributed by atoms with Gasteiger partial charge in [0.05, 0.1) is 11.1 Å². The fourth-order valence-corrected chi connectivity index (χ4v) is 3.13. The van der Waals surface area contributed by atoms with Gasteiger partial charge in [0.15, 0.2) is 0 Å². The molecule has 3 N–H and O–H groups in total. The van der Waals surface area contributed by atoms with E-state index < -0.39 is 0 Å². The van der Waals surface area contributed by atoms with Crippen LogP contribution in [0.15, 0.2) is 6.07 Å². The lowest BCUT2D eigenvalue weighted by molar-refractivity contribution is -0.122. The first-order valence-electron chi connectivity index (χ1n) is 7.24. The Labute approximate surface area is 139 Å². The average molecular weight is 347 g/mol. The van der Waals surface area contributed by atoms with Crippen LogP contribution in [0.25, 0.3) is 0 Å². The van der Waals surface area contributed by atoms with Gasteiger partial charge < -0.3 is 15.6 Å². The molecule has 1 aromatic rings. The molecule has 1 aliphatic rings. The Morgan fingerprint density at radius 2 is 2.18 bits per heavy atom. The smallest absolute Gasteiger partial charge is 0.267 e. The lowest BCUT2D eigenvalue weighted by Gasteiger charge is -2.21. The first-order valence-corrected chi connectivity index (χ1v) is 7.99. The molecule has 2 rings (SSSR count). The third kappa shape index (κ3) is 3.74. The van der Waals surface area contributed by atoms with Crippen molar-refractivity contribution in [1.82, 2.24) is 14.8 Å². The molecule has 8 heteroatoms. The third-order valence-electron chi connectivity index (χ3n) is 3.95. The zero-order valence-corrected chi connectivity index (χ0v) is 14.0. The first kappa shape index (κ1) is 17.1. The fraction of sp³-hybridized carbons (Fsp3) is 0.571. The molecule has 22 heavy (non-hydrogen) atoms. The number of primary amides is 1. The summed E-state index contributed by atoms with van der Waals surface area (Å²) in [5.74, 6) is -0.487. The second kappa shape index (κ2) is 7.35. The number of amides is 2. The molecule has 0 spiro atoms. The highest BCUT2D eigenvalue weighted by molar-refractivity contribution is 6.41. The number of rotatable bonds is 6. The summed E-state index contributed by atoms with van der Waals surface area (Å²) in [6, 6.07) is 1.38. The normalized spacial score (nSPS) is 18.6. The molecule has 1 atom stereocenters. The second-order valence-electron chi connectivity index (χ2n) is 5.43. The second-order valence-corrected chi connectivity index (χ2v) is 6.20. The minimum absolute atomic E-state index is 0.166. The van der Waals surface area contributed by atoms with E-state index in [1.165, 1.54) is 0 Å². The van der Waals surface area contributed by atoms with Gasteiger partial charge in [-0.1, -0.05) is 23.2 Å². The Morgan fingerprint density at radius 3 is 2.77 bits per heavy atom. The van der Waals surface area contributed by atoms with Gasteiger partial charge in [0.2, 0.25) is 5.91 Å². The molecular formula is C14H20Cl2N4O2. The summed E-state index contributed by atoms with van der Waals surface area (Å²) in [5, 5.41) is 3.53. The summed E-state index contributed by atoms with van der Waals surface area (Å²) in [6.07, 6.45) is 2.56. The Bertz CT molecular complexity index is 573. The quantitative estimate of drug-likeness (QED) is 0.764. The Morgan fingerprint density at radius 1 is 1.45 bits per heavy atom. The van der Waals surface area contributed by atoms with Crippen molar-refractivity contribution in [2.24, 2.45) is 12.8 Å². The summed E-state index contributed by atoms with van der Waals surface area (Å²) >= 11 is 11.8. The first-order chi connectivity index (χ1) is 10.4. The standard InChI is InChI=1S/C14H20Cl2N4O2/c1-19-11(8-9(15)12(19)16)14(22)18-5-3-7-20-6-2-4-10(20)13(17)21/h8,10H,2-7H2,1H3,(H2,17,21)(H,18,22)/t10-/m1/s1. The highest BCUT2D eigenvalue weighted by Crippen LogP contribution is 2.25. The molecule has 1 aliphatic heterocycles. The molecule has 1 aromatic heterocycles. The summed E-state index contributed by atoms with van der Waals surface area (Å²) in [7, 11) is 1.69. The number of likely N-dealkylation sites (tertiary alicyclic amines) is 1. The lowest BCUT2D eigenvalue weighted by Crippen LogP contribution is -2.41. The van der Waals surface area contributed by atoms with Crippen molar-refractivity contribution in [3.8, 4) is 0 Å². The van der Waals surface area contributed by atoms with Gasteiger partial charge in [0.25, 0.3) is 5.91 Å². The zero-order chi connectivity index (χ0) is 16.3. The molecule has 1 fully saturated rings. The van der Waals surface area contributed by atoms with Crippen molar-refractivity contribution in [2.45, 2.75) is 25.3 Å². The van der Waals surface area contributed by atoms with Gasteiger partial charge in [-0.3, -0.25) is 14.5 Å². The molecule has 2 heterocycles. The molecule has 6 nitrogen and oxygen atoms in total. The fourth-order valence-electron chi connectivity index (χ4n) is 2.75. The van der Waals surface area contributed by atoms with Gasteiger partial charge in [-0.25, -0.2) is 0 Å². The largest absolute Gasteiger partial charge is 0.368 e. The highest BCUT2D eigenvalue weighted by atomic mass is 35.5. The van der Waals surface area contributed by atoms with Crippen LogP contribution in [0, 0.1) is 0 Å². The van der Waals surface area contributed by atoms with Gasteiger partial charge in [-0.15, -0.1) is 0 Å². The maximum atomic E-state index is 12.1. The highest BCUT2D eigenvalue weighted by Gasteiger charge is 2.28. The van der Waals surface area contributed by atoms with E-state index in [4.69, 9.17) is 28.9 Å². The van der Waals surface area contributed by atoms with Crippen molar-refractivity contribution in [2.75, 3.05) is 19.6 Å². The Balaban J connectivity index is 1.78. The van der Waals surface area contributed by atoms with E-state index in [2.05, 4.69) is 10.2 Å². The van der Waals surface area contributed by atoms with Crippen molar-refractivity contribution >= 4 is 35.0 Å². The number of hydrogen-bond acceptors (Lipinski definition) is 3. The van der Waals surface area contributed by atoms with Crippen LogP contribution in [0.3, 0.4) is 0 Å². The van der Waals surface area contributed by atoms with Gasteiger partial charge in [0, 0.05) is 20.1 Å². The van der Waals surface area contributed by atoms with Gasteiger partial charge >= 0.3 is 0 Å². The van der Waals surface area contributed by atoms with Gasteiger partial charge in [-0.2, -0.15) is 0 Å². The molecular weight excluding hydrogens is 327 g/mol. The van der Waals surface area contributed by atoms with Crippen molar-refractivity contribution in [3.05, 3.63) is 21.9 Å². The maximum absolute atomic E-state index is 12.1. The Kier molecular flexibility index (Phi) is 5.72. The van der Waals surface area contributed by atoms with Crippen LogP contribution in [-0.4, -0.2) is 47.0 Å². The average Bonchev–Trinajstić information content (AvgIpc) is 3.04. The molecule has 0 radical (unpaired) electrons. The van der Waals surface area contributed by atoms with Crippen LogP contribution < -0.4 is 11.1 Å². The van der Waals surface area contributed by atoms with E-state index in [0.29, 0.717) is 22.4 Å². The van der Waals surface area contributed by atoms with E-state index in [1.54, 1.807) is 17.7 Å². The van der Waals surface area contributed by atoms with Crippen molar-refractivity contribution in [3.63, 3.8) is 0 Å². The summed E-state index contributed by atoms with van der Waals surface area (Å²) in [6.45, 7) is 2.13. The predicted octanol–water partition coefficient (Wildman–Crippen LogP) is 1.40. The van der Waals surface area contributed by atoms with Crippen LogP contribution in [0.2, 0.25) is 10.2 Å². The van der Waals surface area contributed by atoms with E-state index in [-0.39, 0.29) is 17.9 Å². The molecule has 0 aromatic carbocycles. The maximum Gasteiger partial charge on any atom is 0.267 e. The number of carbonyl (C=O) groups is 2. The van der Waals surface area contributed by atoms with Crippen molar-refractivity contribution < 1.29 is 9.59 Å². The van der Waals surface area contributed by atoms with Crippen LogP contribution in [-0.2, 0) is 11.8 Å². The zero-order valence-electron chi connectivity index (χ0n) is 12.4. The van der Waals surface area contributed by atoms with Gasteiger partial charge in [-0.05, 0) is 31.9 Å². The summed E-state index contributed by atoms with van der Waals surface area (Å²) in [5.41, 5.74) is 5.79. The number of halogens is 2. The van der Waals surface area contributed by atoms with Crippen molar-refractivity contribution in [1.29, 1.82) is 0 Å². The molecule has 122 valence electrons. The molecule has 0 aliphatic carbocycles. The minimum atomic E-state index is -0.269. The van der Waals surface area contributed by atoms with Crippen LogP contribution in [0.1, 0.15) is 29.8 Å². The third-order valence-corrected chi connectivity index (χ3v) is 4.79. The number of aromatic nitrogens is 1. The van der Waals surface area contributed by atoms with E-state index >= 15 is 0 Å². The van der Waals surface area contributed by atoms with E-state index in [1.807, 2.05) is 0 Å². The molecule has 0 saturated carbocycles. The van der Waals surface area contributed by atoms with Crippen LogP contribution in [0.5, 0.6) is 0 Å². The number of nitrogens with one attached hydrogen (secondary N) is 1. The summed E-state index contributed by atoms with van der Waals surface area (Å²) < 4.78 is 1.54. The van der Waals surface area contributed by atoms with E-state index in [0.717, 1.165) is 32.4 Å². The summed E-state index contributed by atoms with van der Waals surface area (Å²) in [4.78, 5) is 25.4. The SMILES string of the molecule is Cn1c(C(=O)NCCCN2CCC[C@@H]2C(N)=O)cc(Cl)c1Cl. The molecule has 0 bridgehead atoms. The molecule has 0 unspecified atom stereocenters. The van der Waals surface area contributed by atoms with Crippen LogP contribution in [0.4, 0.5) is 0 Å². The monoisotopic (exact) mass is 346 g/mol. The van der Waals surface area contributed by atoms with Gasteiger partial charge in [0.1, 0.15) is 10.8 Å².